The number of imide groups is 2. The zero-order chi connectivity index (χ0) is 77.0. The van der Waals surface area contributed by atoms with E-state index in [9.17, 15) is 62.9 Å². The number of urea groups is 1. The highest BCUT2D eigenvalue weighted by molar-refractivity contribution is 6.65. The minimum absolute atomic E-state index is 0.00508. The molecule has 3 unspecified atom stereocenters. The number of nitrogen functional groups attached to an aromatic ring is 1. The van der Waals surface area contributed by atoms with Crippen molar-refractivity contribution in [3.05, 3.63) is 148 Å². The lowest BCUT2D eigenvalue weighted by molar-refractivity contribution is -0.153. The SMILES string of the molecule is CCN1CCN(C(=O)Cl)C(=O)C1=O.CCN1CCN(C(=O)NC(C(=O)C[C@H]2Cc3cccc(C(=O)O)c3OB2O)c2cccc(N)n2)C(=O)C1=O.CC[C@H]1C[C@H]([C@]2(C)OB([C@@H](CC(=O)C(N)c3cccc(CC(=O)OCc4ccccc4)n3)Cc3cccc(C(=O)OC(C)(C)C)c3OC)OC2C)C1(C)C. The standard InChI is InChI=1S/C43H57BN2O8.C24H26BN5O8.C7H9ClN2O3/c1-10-30-23-36(42(30,6)7)43(8)27(2)53-44(54-43)31(22-29-18-14-20-33(39(29)50-9)40(49)52-41(3,4)5)24-35(47)38(45)34-21-15-19-32(46-34)25-37(48)51-26-28-16-12-11-13-17-28;1-2-29-9-10-30(22(33)21(29)32)24(36)28-19(16-7-4-8-18(26)27-16)17(31)12-14-11-13-5-3-6-15(23(34)35)20(13)38-25(14)37;1-2-9-3-4-10(7(8)13)6(12)5(9)11/h11-21,27,30-31,36,38H,10,22-26,45H2,1-9H3;3-8,14,19,37H,2,9-12H2,1H3,(H2,26,27)(H,28,36)(H,34,35);2-4H2,1H3/t27?,30-,31+,36-,38?,43+;14-,19?;/m01./s1. The van der Waals surface area contributed by atoms with Crippen molar-refractivity contribution in [2.45, 2.75) is 162 Å². The van der Waals surface area contributed by atoms with Crippen LogP contribution < -0.4 is 26.2 Å². The lowest BCUT2D eigenvalue weighted by atomic mass is 9.49. The van der Waals surface area contributed by atoms with Gasteiger partial charge in [0, 0.05) is 63.7 Å². The molecule has 6 heterocycles. The highest BCUT2D eigenvalue weighted by atomic mass is 35.5. The van der Waals surface area contributed by atoms with E-state index in [-0.39, 0.29) is 98.0 Å². The average molecular weight is 1470 g/mol. The molecule has 5 aromatic rings. The summed E-state index contributed by atoms with van der Waals surface area (Å²) in [4.78, 5) is 149. The summed E-state index contributed by atoms with van der Waals surface area (Å²) in [5, 5.41) is 21.6. The second-order valence-corrected chi connectivity index (χ2v) is 28.5. The fourth-order valence-corrected chi connectivity index (χ4v) is 14.1. The predicted molar refractivity (Wildman–Crippen MR) is 386 cm³/mol. The molecule has 1 aliphatic carbocycles. The number of nitrogens with two attached hydrogens (primary N) is 2. The minimum Gasteiger partial charge on any atom is -0.535 e. The molecule has 7 amide bonds. The van der Waals surface area contributed by atoms with Crippen LogP contribution >= 0.6 is 11.6 Å². The third-order valence-corrected chi connectivity index (χ3v) is 20.1. The van der Waals surface area contributed by atoms with Crippen LogP contribution in [0, 0.1) is 17.3 Å². The number of hydrogen-bond acceptors (Lipinski definition) is 22. The van der Waals surface area contributed by atoms with Crippen LogP contribution in [0.15, 0.2) is 103 Å². The monoisotopic (exact) mass is 1470 g/mol. The number of ether oxygens (including phenoxy) is 3. The van der Waals surface area contributed by atoms with E-state index in [1.165, 1.54) is 35.1 Å². The van der Waals surface area contributed by atoms with Crippen LogP contribution in [0.5, 0.6) is 11.5 Å². The van der Waals surface area contributed by atoms with Gasteiger partial charge >= 0.3 is 67.2 Å². The average Bonchev–Trinajstić information content (AvgIpc) is 1.71. The van der Waals surface area contributed by atoms with Crippen LogP contribution in [-0.4, -0.2) is 182 Å². The van der Waals surface area contributed by atoms with Gasteiger partial charge in [0.05, 0.1) is 47.9 Å². The zero-order valence-corrected chi connectivity index (χ0v) is 61.7. The number of carbonyl (C=O) groups excluding carboxylic acids is 10. The molecule has 28 nitrogen and oxygen atoms in total. The number of rotatable bonds is 23. The summed E-state index contributed by atoms with van der Waals surface area (Å²) in [6.07, 6.45) is 2.02. The molecule has 2 aromatic heterocycles. The van der Waals surface area contributed by atoms with Gasteiger partial charge < -0.3 is 64.9 Å². The van der Waals surface area contributed by atoms with Crippen LogP contribution in [0.2, 0.25) is 11.6 Å². The largest absolute Gasteiger partial charge is 0.535 e. The molecule has 10 rings (SSSR count). The molecule has 4 fully saturated rings. The van der Waals surface area contributed by atoms with E-state index >= 15 is 0 Å². The predicted octanol–water partition coefficient (Wildman–Crippen LogP) is 7.94. The number of pyridine rings is 2. The van der Waals surface area contributed by atoms with E-state index in [1.54, 1.807) is 62.4 Å². The van der Waals surface area contributed by atoms with Crippen LogP contribution in [0.1, 0.15) is 161 Å². The second kappa shape index (κ2) is 35.0. The van der Waals surface area contributed by atoms with Gasteiger partial charge in [-0.2, -0.15) is 0 Å². The lowest BCUT2D eigenvalue weighted by Crippen LogP contribution is -2.59. The van der Waals surface area contributed by atoms with Crippen LogP contribution in [0.25, 0.3) is 0 Å². The smallest absolute Gasteiger partial charge is 0.526 e. The molecule has 4 aliphatic heterocycles. The van der Waals surface area contributed by atoms with Gasteiger partial charge in [0.15, 0.2) is 11.6 Å². The van der Waals surface area contributed by atoms with E-state index in [0.29, 0.717) is 65.8 Å². The summed E-state index contributed by atoms with van der Waals surface area (Å²) in [6, 6.07) is 25.6. The number of para-hydroxylation sites is 2. The fraction of sp³-hybridized carbons (Fsp3) is 0.473. The summed E-state index contributed by atoms with van der Waals surface area (Å²) in [5.41, 5.74) is 14.4. The number of piperazine rings is 2. The van der Waals surface area contributed by atoms with Gasteiger partial charge in [-0.3, -0.25) is 53.1 Å². The molecule has 0 spiro atoms. The maximum atomic E-state index is 14.1. The van der Waals surface area contributed by atoms with Gasteiger partial charge in [-0.25, -0.2) is 19.4 Å². The Morgan fingerprint density at radius 3 is 2.01 bits per heavy atom. The van der Waals surface area contributed by atoms with Crippen molar-refractivity contribution in [1.29, 1.82) is 0 Å². The van der Waals surface area contributed by atoms with Crippen molar-refractivity contribution in [2.24, 2.45) is 23.0 Å². The number of amides is 7. The summed E-state index contributed by atoms with van der Waals surface area (Å²) in [6.45, 7) is 21.5. The molecule has 8 atom stereocenters. The number of halogens is 1. The van der Waals surface area contributed by atoms with E-state index in [4.69, 9.17) is 51.2 Å². The second-order valence-electron chi connectivity index (χ2n) is 28.2. The number of aromatic nitrogens is 2. The molecule has 7 N–H and O–H groups in total. The highest BCUT2D eigenvalue weighted by Gasteiger charge is 2.62. The van der Waals surface area contributed by atoms with Crippen LogP contribution in [-0.2, 0) is 78.2 Å². The van der Waals surface area contributed by atoms with Gasteiger partial charge in [0.2, 0.25) is 0 Å². The fourth-order valence-electron chi connectivity index (χ4n) is 13.9. The number of carbonyl (C=O) groups is 11. The molecule has 0 radical (unpaired) electrons. The number of ketones is 2. The van der Waals surface area contributed by atoms with Crippen molar-refractivity contribution in [1.82, 2.24) is 34.9 Å². The number of nitrogens with one attached hydrogen (secondary N) is 1. The van der Waals surface area contributed by atoms with Crippen LogP contribution in [0.3, 0.4) is 0 Å². The Labute approximate surface area is 615 Å². The number of benzene rings is 3. The molecule has 1 saturated carbocycles. The molecule has 31 heteroatoms. The first kappa shape index (κ1) is 81.1. The first-order valence-electron chi connectivity index (χ1n) is 35.0. The van der Waals surface area contributed by atoms with Crippen LogP contribution in [0.4, 0.5) is 15.4 Å². The highest BCUT2D eigenvalue weighted by Crippen LogP contribution is 2.60. The van der Waals surface area contributed by atoms with Gasteiger partial charge in [0.1, 0.15) is 47.2 Å². The number of Topliss-reactive ketones (excluding diaryl/α,β-unsaturated/α-hetero) is 2. The molecule has 0 bridgehead atoms. The number of methoxy groups -OCH3 is 1. The Bertz CT molecular complexity index is 4070. The number of carboxylic acid groups (broad SMARTS) is 1. The van der Waals surface area contributed by atoms with E-state index < -0.39 is 108 Å². The number of hydrogen-bond donors (Lipinski definition) is 5. The molecular weight excluding hydrogens is 1380 g/mol. The van der Waals surface area contributed by atoms with Gasteiger partial charge in [-0.15, -0.1) is 0 Å². The number of nitrogens with zero attached hydrogens (tertiary/aromatic N) is 6. The quantitative estimate of drug-likeness (QED) is 0.0136. The zero-order valence-electron chi connectivity index (χ0n) is 61.0. The summed E-state index contributed by atoms with van der Waals surface area (Å²) in [7, 11) is -0.701. The van der Waals surface area contributed by atoms with Gasteiger partial charge in [0.25, 0.3) is 0 Å². The Kier molecular flexibility index (Phi) is 27.0. The van der Waals surface area contributed by atoms with Crippen molar-refractivity contribution in [2.75, 3.05) is 52.1 Å². The van der Waals surface area contributed by atoms with E-state index in [0.717, 1.165) is 28.2 Å². The number of fused-ring (bicyclic) bond motifs is 1. The van der Waals surface area contributed by atoms with E-state index in [1.807, 2.05) is 64.1 Å². The Balaban J connectivity index is 0.000000235. The Morgan fingerprint density at radius 2 is 1.40 bits per heavy atom. The maximum absolute atomic E-state index is 14.1. The molecule has 5 aliphatic rings. The molecule has 105 heavy (non-hydrogen) atoms. The number of carboxylic acids is 1. The van der Waals surface area contributed by atoms with E-state index in [2.05, 4.69) is 43.0 Å². The van der Waals surface area contributed by atoms with Crippen molar-refractivity contribution >= 4 is 96.2 Å². The maximum Gasteiger partial charge on any atom is 0.526 e. The minimum atomic E-state index is -1.49. The lowest BCUT2D eigenvalue weighted by Gasteiger charge is -2.59. The number of esters is 2. The Hall–Kier alpha value is -9.61. The van der Waals surface area contributed by atoms with Crippen molar-refractivity contribution < 1.29 is 91.0 Å². The number of likely N-dealkylation sites (N-methyl/N-ethyl adjacent to an activating group) is 2. The molecule has 3 saturated heterocycles. The van der Waals surface area contributed by atoms with Gasteiger partial charge in [-0.1, -0.05) is 93.9 Å². The molecule has 560 valence electrons. The molecule has 3 aromatic carbocycles. The van der Waals surface area contributed by atoms with Gasteiger partial charge in [-0.05, 0) is 150 Å². The number of anilines is 1. The number of aromatic carboxylic acids is 1. The Morgan fingerprint density at radius 1 is 0.781 bits per heavy atom. The summed E-state index contributed by atoms with van der Waals surface area (Å²) < 4.78 is 36.0. The first-order chi connectivity index (χ1) is 49.6. The third kappa shape index (κ3) is 19.5. The van der Waals surface area contributed by atoms with Crippen molar-refractivity contribution in [3.8, 4) is 11.5 Å². The summed E-state index contributed by atoms with van der Waals surface area (Å²) >= 11 is 5.10. The first-order valence-corrected chi connectivity index (χ1v) is 35.3. The molecular formula is C74H92B2ClN9O19. The topological polar surface area (TPSA) is 386 Å². The third-order valence-electron chi connectivity index (χ3n) is 19.9. The normalized spacial score (nSPS) is 20.7. The van der Waals surface area contributed by atoms with Crippen molar-refractivity contribution in [3.63, 3.8) is 0 Å². The summed E-state index contributed by atoms with van der Waals surface area (Å²) in [5.74, 6) is -6.20.